The van der Waals surface area contributed by atoms with Gasteiger partial charge in [-0.1, -0.05) is 175 Å². The van der Waals surface area contributed by atoms with Gasteiger partial charge < -0.3 is 9.80 Å². The lowest BCUT2D eigenvalue weighted by Gasteiger charge is -2.27. The van der Waals surface area contributed by atoms with E-state index in [0.717, 1.165) is 40.5 Å². The third-order valence-electron chi connectivity index (χ3n) is 11.4. The van der Waals surface area contributed by atoms with E-state index in [4.69, 9.17) is 0 Å². The second-order valence-electron chi connectivity index (χ2n) is 15.6. The molecule has 0 aliphatic rings. The average molecular weight is 773 g/mol. The van der Waals surface area contributed by atoms with E-state index in [2.05, 4.69) is 260 Å². The summed E-state index contributed by atoms with van der Waals surface area (Å²) >= 11 is 0. The Morgan fingerprint density at radius 1 is 0.283 bits per heavy atom. The Bertz CT molecular complexity index is 2730. The SMILES string of the molecule is Cc1ccc(N(c2ccccc2)c2ccc(-c3ccc(N(c4ccc(C)cc4)c4ccc(C(c5ccccc5)c5ccc(Cc6ccccc6)cc5)cc4)cc3)cc2)cc1. The first-order chi connectivity index (χ1) is 29.6. The molecule has 60 heavy (non-hydrogen) atoms. The molecular formula is C58H48N2. The molecule has 0 saturated heterocycles. The fourth-order valence-electron chi connectivity index (χ4n) is 8.16. The lowest BCUT2D eigenvalue weighted by atomic mass is 9.84. The monoisotopic (exact) mass is 772 g/mol. The molecule has 0 aliphatic heterocycles. The first kappa shape index (κ1) is 38.1. The molecule has 0 fully saturated rings. The summed E-state index contributed by atoms with van der Waals surface area (Å²) in [7, 11) is 0. The summed E-state index contributed by atoms with van der Waals surface area (Å²) in [5.41, 5.74) is 18.0. The molecule has 2 nitrogen and oxygen atoms in total. The van der Waals surface area contributed by atoms with Crippen molar-refractivity contribution in [1.29, 1.82) is 0 Å². The Kier molecular flexibility index (Phi) is 11.2. The van der Waals surface area contributed by atoms with Gasteiger partial charge in [0, 0.05) is 40.0 Å². The minimum absolute atomic E-state index is 0.112. The van der Waals surface area contributed by atoms with Gasteiger partial charge in [0.2, 0.25) is 0 Å². The fraction of sp³-hybridized carbons (Fsp3) is 0.0690. The van der Waals surface area contributed by atoms with Crippen LogP contribution in [0.3, 0.4) is 0 Å². The summed E-state index contributed by atoms with van der Waals surface area (Å²) < 4.78 is 0. The largest absolute Gasteiger partial charge is 0.311 e. The molecule has 0 bridgehead atoms. The molecule has 9 aromatic rings. The van der Waals surface area contributed by atoms with Gasteiger partial charge in [0.15, 0.2) is 0 Å². The van der Waals surface area contributed by atoms with Crippen molar-refractivity contribution in [2.24, 2.45) is 0 Å². The third kappa shape index (κ3) is 8.55. The normalized spacial score (nSPS) is 11.5. The van der Waals surface area contributed by atoms with Gasteiger partial charge >= 0.3 is 0 Å². The van der Waals surface area contributed by atoms with Gasteiger partial charge in [-0.25, -0.2) is 0 Å². The topological polar surface area (TPSA) is 6.48 Å². The van der Waals surface area contributed by atoms with Gasteiger partial charge in [-0.2, -0.15) is 0 Å². The molecule has 0 amide bonds. The summed E-state index contributed by atoms with van der Waals surface area (Å²) in [5, 5.41) is 0. The number of para-hydroxylation sites is 1. The number of rotatable bonds is 12. The highest BCUT2D eigenvalue weighted by molar-refractivity contribution is 5.81. The Morgan fingerprint density at radius 3 is 1.02 bits per heavy atom. The number of anilines is 6. The van der Waals surface area contributed by atoms with Crippen LogP contribution in [-0.4, -0.2) is 0 Å². The molecule has 0 aliphatic carbocycles. The van der Waals surface area contributed by atoms with Gasteiger partial charge in [0.05, 0.1) is 0 Å². The van der Waals surface area contributed by atoms with Gasteiger partial charge in [0.25, 0.3) is 0 Å². The van der Waals surface area contributed by atoms with Crippen LogP contribution in [0.4, 0.5) is 34.1 Å². The van der Waals surface area contributed by atoms with E-state index in [1.807, 2.05) is 0 Å². The second-order valence-corrected chi connectivity index (χ2v) is 15.6. The minimum atomic E-state index is 0.112. The molecule has 0 heterocycles. The van der Waals surface area contributed by atoms with E-state index >= 15 is 0 Å². The van der Waals surface area contributed by atoms with Gasteiger partial charge in [0.1, 0.15) is 0 Å². The van der Waals surface area contributed by atoms with E-state index in [0.29, 0.717) is 0 Å². The maximum atomic E-state index is 2.35. The van der Waals surface area contributed by atoms with Gasteiger partial charge in [-0.15, -0.1) is 0 Å². The smallest absolute Gasteiger partial charge is 0.0462 e. The zero-order valence-corrected chi connectivity index (χ0v) is 34.2. The molecule has 9 rings (SSSR count). The van der Waals surface area contributed by atoms with Crippen LogP contribution >= 0.6 is 0 Å². The van der Waals surface area contributed by atoms with E-state index in [1.165, 1.54) is 50.1 Å². The number of nitrogens with zero attached hydrogens (tertiary/aromatic N) is 2. The maximum absolute atomic E-state index is 2.35. The molecule has 0 spiro atoms. The number of benzene rings is 9. The van der Waals surface area contributed by atoms with Crippen LogP contribution in [0.2, 0.25) is 0 Å². The van der Waals surface area contributed by atoms with E-state index in [1.54, 1.807) is 0 Å². The lowest BCUT2D eigenvalue weighted by Crippen LogP contribution is -2.10. The first-order valence-corrected chi connectivity index (χ1v) is 20.8. The summed E-state index contributed by atoms with van der Waals surface area (Å²) in [6.07, 6.45) is 0.927. The van der Waals surface area contributed by atoms with Crippen molar-refractivity contribution in [2.45, 2.75) is 26.2 Å². The zero-order chi connectivity index (χ0) is 40.7. The highest BCUT2D eigenvalue weighted by Gasteiger charge is 2.19. The average Bonchev–Trinajstić information content (AvgIpc) is 3.31. The van der Waals surface area contributed by atoms with Crippen LogP contribution < -0.4 is 9.80 Å². The van der Waals surface area contributed by atoms with Crippen molar-refractivity contribution < 1.29 is 0 Å². The molecular weight excluding hydrogens is 725 g/mol. The molecule has 2 heteroatoms. The number of hydrogen-bond acceptors (Lipinski definition) is 2. The second kappa shape index (κ2) is 17.6. The first-order valence-electron chi connectivity index (χ1n) is 20.8. The van der Waals surface area contributed by atoms with Crippen LogP contribution in [0.25, 0.3) is 11.1 Å². The molecule has 290 valence electrons. The van der Waals surface area contributed by atoms with Crippen LogP contribution in [0.1, 0.15) is 44.9 Å². The minimum Gasteiger partial charge on any atom is -0.311 e. The summed E-state index contributed by atoms with van der Waals surface area (Å²) in [6.45, 7) is 4.27. The number of hydrogen-bond donors (Lipinski definition) is 0. The van der Waals surface area contributed by atoms with Crippen LogP contribution in [0.15, 0.2) is 237 Å². The Balaban J connectivity index is 1.00. The lowest BCUT2D eigenvalue weighted by molar-refractivity contribution is 0.973. The highest BCUT2D eigenvalue weighted by atomic mass is 15.1. The Labute approximate surface area is 355 Å². The summed E-state index contributed by atoms with van der Waals surface area (Å²) in [6, 6.07) is 85.8. The van der Waals surface area contributed by atoms with Crippen molar-refractivity contribution in [1.82, 2.24) is 0 Å². The Hall–Kier alpha value is -7.42. The zero-order valence-electron chi connectivity index (χ0n) is 34.2. The van der Waals surface area contributed by atoms with E-state index in [9.17, 15) is 0 Å². The maximum Gasteiger partial charge on any atom is 0.0462 e. The van der Waals surface area contributed by atoms with Crippen LogP contribution in [0.5, 0.6) is 0 Å². The standard InChI is InChI=1S/C58H48N2/c1-43-18-32-53(33-19-43)59(52-16-10-5-11-17-52)55-36-26-47(27-37-55)48-28-38-56(39-29-48)60(54-34-20-44(2)21-35-54)57-40-30-51(31-41-57)58(49-14-8-4-9-15-49)50-24-22-46(23-25-50)42-45-12-6-3-7-13-45/h3-41,58H,42H2,1-2H3. The molecule has 1 atom stereocenters. The van der Waals surface area contributed by atoms with Crippen LogP contribution in [-0.2, 0) is 6.42 Å². The highest BCUT2D eigenvalue weighted by Crippen LogP contribution is 2.40. The quantitative estimate of drug-likeness (QED) is 0.114. The fourth-order valence-corrected chi connectivity index (χ4v) is 8.16. The molecule has 0 N–H and O–H groups in total. The summed E-state index contributed by atoms with van der Waals surface area (Å²) in [4.78, 5) is 4.66. The number of aryl methyl sites for hydroxylation is 2. The van der Waals surface area contributed by atoms with Crippen molar-refractivity contribution in [3.05, 3.63) is 276 Å². The van der Waals surface area contributed by atoms with Gasteiger partial charge in [-0.3, -0.25) is 0 Å². The Morgan fingerprint density at radius 2 is 0.583 bits per heavy atom. The molecule has 0 aromatic heterocycles. The molecule has 0 radical (unpaired) electrons. The predicted molar refractivity (Wildman–Crippen MR) is 254 cm³/mol. The predicted octanol–water partition coefficient (Wildman–Crippen LogP) is 15.7. The molecule has 0 saturated carbocycles. The van der Waals surface area contributed by atoms with Crippen molar-refractivity contribution in [3.8, 4) is 11.1 Å². The van der Waals surface area contributed by atoms with E-state index < -0.39 is 0 Å². The molecule has 9 aromatic carbocycles. The third-order valence-corrected chi connectivity index (χ3v) is 11.4. The molecule has 1 unspecified atom stereocenters. The van der Waals surface area contributed by atoms with Crippen molar-refractivity contribution in [2.75, 3.05) is 9.80 Å². The van der Waals surface area contributed by atoms with Crippen molar-refractivity contribution >= 4 is 34.1 Å². The summed E-state index contributed by atoms with van der Waals surface area (Å²) in [5.74, 6) is 0.112. The van der Waals surface area contributed by atoms with Gasteiger partial charge in [-0.05, 0) is 132 Å². The van der Waals surface area contributed by atoms with Crippen molar-refractivity contribution in [3.63, 3.8) is 0 Å². The van der Waals surface area contributed by atoms with Crippen LogP contribution in [0, 0.1) is 13.8 Å². The van der Waals surface area contributed by atoms with E-state index in [-0.39, 0.29) is 5.92 Å².